The third-order valence-electron chi connectivity index (χ3n) is 2.53. The lowest BCUT2D eigenvalue weighted by molar-refractivity contribution is -0.123. The number of carbonyl (C=O) groups is 1. The zero-order valence-electron chi connectivity index (χ0n) is 9.95. The van der Waals surface area contributed by atoms with E-state index in [1.165, 1.54) is 0 Å². The molecule has 0 spiro atoms. The average molecular weight is 255 g/mol. The lowest BCUT2D eigenvalue weighted by atomic mass is 9.99. The Kier molecular flexibility index (Phi) is 10.8. The molecule has 0 aliphatic carbocycles. The maximum absolute atomic E-state index is 11.5. The van der Waals surface area contributed by atoms with Crippen molar-refractivity contribution in [3.05, 3.63) is 0 Å². The molecule has 0 aliphatic heterocycles. The number of hydrogen-bond donors (Lipinski definition) is 2. The number of nitrogens with one attached hydrogen (secondary N) is 1. The summed E-state index contributed by atoms with van der Waals surface area (Å²) in [5.41, 5.74) is 5.78. The molecule has 0 bridgehead atoms. The van der Waals surface area contributed by atoms with Gasteiger partial charge < -0.3 is 11.1 Å². The molecular formula is C10H23ClN2OS. The molecule has 0 fully saturated rings. The fourth-order valence-electron chi connectivity index (χ4n) is 0.958. The van der Waals surface area contributed by atoms with E-state index in [0.29, 0.717) is 11.8 Å². The van der Waals surface area contributed by atoms with Gasteiger partial charge in [-0.3, -0.25) is 4.79 Å². The van der Waals surface area contributed by atoms with Crippen LogP contribution in [0.5, 0.6) is 0 Å². The van der Waals surface area contributed by atoms with Crippen molar-refractivity contribution >= 4 is 30.1 Å². The van der Waals surface area contributed by atoms with Gasteiger partial charge in [-0.15, -0.1) is 12.4 Å². The van der Waals surface area contributed by atoms with Gasteiger partial charge in [-0.1, -0.05) is 27.2 Å². The first-order chi connectivity index (χ1) is 6.52. The second kappa shape index (κ2) is 9.31. The van der Waals surface area contributed by atoms with Crippen molar-refractivity contribution < 1.29 is 4.79 Å². The largest absolute Gasteiger partial charge is 0.354 e. The van der Waals surface area contributed by atoms with Crippen LogP contribution in [0.25, 0.3) is 0 Å². The summed E-state index contributed by atoms with van der Waals surface area (Å²) >= 11 is 1.74. The number of amides is 1. The lowest BCUT2D eigenvalue weighted by Crippen LogP contribution is -2.46. The van der Waals surface area contributed by atoms with E-state index in [0.717, 1.165) is 6.42 Å². The van der Waals surface area contributed by atoms with Gasteiger partial charge in [0.25, 0.3) is 0 Å². The van der Waals surface area contributed by atoms with E-state index in [-0.39, 0.29) is 30.3 Å². The molecule has 92 valence electrons. The second-order valence-electron chi connectivity index (χ2n) is 3.70. The van der Waals surface area contributed by atoms with Gasteiger partial charge in [-0.25, -0.2) is 0 Å². The predicted octanol–water partition coefficient (Wildman–Crippen LogP) is 1.65. The van der Waals surface area contributed by atoms with Crippen LogP contribution in [0.1, 0.15) is 27.2 Å². The Hall–Kier alpha value is 0.0700. The van der Waals surface area contributed by atoms with Crippen molar-refractivity contribution in [1.82, 2.24) is 5.32 Å². The highest BCUT2D eigenvalue weighted by Gasteiger charge is 2.19. The number of hydrogen-bond acceptors (Lipinski definition) is 3. The Bertz CT molecular complexity index is 181. The van der Waals surface area contributed by atoms with Crippen LogP contribution in [0.3, 0.4) is 0 Å². The maximum atomic E-state index is 11.5. The Balaban J connectivity index is 0. The zero-order valence-corrected chi connectivity index (χ0v) is 11.6. The van der Waals surface area contributed by atoms with Crippen LogP contribution >= 0.6 is 24.2 Å². The smallest absolute Gasteiger partial charge is 0.237 e. The van der Waals surface area contributed by atoms with Gasteiger partial charge >= 0.3 is 0 Å². The van der Waals surface area contributed by atoms with Crippen molar-refractivity contribution in [1.29, 1.82) is 0 Å². The summed E-state index contributed by atoms with van der Waals surface area (Å²) < 4.78 is 0. The molecule has 15 heavy (non-hydrogen) atoms. The van der Waals surface area contributed by atoms with E-state index in [1.54, 1.807) is 11.8 Å². The van der Waals surface area contributed by atoms with Crippen LogP contribution in [-0.2, 0) is 4.79 Å². The first-order valence-corrected chi connectivity index (χ1v) is 6.37. The minimum absolute atomic E-state index is 0. The van der Waals surface area contributed by atoms with Crippen LogP contribution in [0.4, 0.5) is 0 Å². The van der Waals surface area contributed by atoms with Crippen LogP contribution in [-0.4, -0.2) is 30.0 Å². The molecule has 3 nitrogen and oxygen atoms in total. The molecular weight excluding hydrogens is 232 g/mol. The van der Waals surface area contributed by atoms with E-state index in [2.05, 4.69) is 12.2 Å². The Morgan fingerprint density at radius 3 is 2.40 bits per heavy atom. The third kappa shape index (κ3) is 7.03. The van der Waals surface area contributed by atoms with Crippen LogP contribution in [0, 0.1) is 5.92 Å². The maximum Gasteiger partial charge on any atom is 0.237 e. The lowest BCUT2D eigenvalue weighted by Gasteiger charge is -2.18. The highest BCUT2D eigenvalue weighted by molar-refractivity contribution is 7.99. The number of carbonyl (C=O) groups excluding carboxylic acids is 1. The SMILES string of the molecule is CCC(C)C(N)C(=O)NCC(C)SC.Cl. The molecule has 0 aromatic rings. The van der Waals surface area contributed by atoms with Gasteiger partial charge in [-0.05, 0) is 12.2 Å². The minimum Gasteiger partial charge on any atom is -0.354 e. The average Bonchev–Trinajstić information content (AvgIpc) is 2.22. The number of nitrogens with two attached hydrogens (primary N) is 1. The molecule has 3 N–H and O–H groups in total. The van der Waals surface area contributed by atoms with E-state index in [9.17, 15) is 4.79 Å². The molecule has 0 aromatic carbocycles. The Morgan fingerprint density at radius 2 is 2.00 bits per heavy atom. The summed E-state index contributed by atoms with van der Waals surface area (Å²) in [5.74, 6) is 0.222. The van der Waals surface area contributed by atoms with Crippen LogP contribution < -0.4 is 11.1 Å². The van der Waals surface area contributed by atoms with E-state index >= 15 is 0 Å². The molecule has 0 saturated heterocycles. The molecule has 5 heteroatoms. The van der Waals surface area contributed by atoms with Crippen molar-refractivity contribution in [2.45, 2.75) is 38.5 Å². The van der Waals surface area contributed by atoms with Gasteiger partial charge in [0.2, 0.25) is 5.91 Å². The van der Waals surface area contributed by atoms with Gasteiger partial charge in [0.15, 0.2) is 0 Å². The fourth-order valence-corrected chi connectivity index (χ4v) is 1.21. The molecule has 0 aromatic heterocycles. The van der Waals surface area contributed by atoms with E-state index < -0.39 is 0 Å². The first-order valence-electron chi connectivity index (χ1n) is 5.09. The van der Waals surface area contributed by atoms with Crippen molar-refractivity contribution in [3.8, 4) is 0 Å². The zero-order chi connectivity index (χ0) is 11.1. The standard InChI is InChI=1S/C10H22N2OS.ClH/c1-5-7(2)9(11)10(13)12-6-8(3)14-4;/h7-9H,5-6,11H2,1-4H3,(H,12,13);1H. The Labute approximate surface area is 103 Å². The highest BCUT2D eigenvalue weighted by Crippen LogP contribution is 2.06. The molecule has 0 radical (unpaired) electrons. The Morgan fingerprint density at radius 1 is 1.47 bits per heavy atom. The van der Waals surface area contributed by atoms with E-state index in [1.807, 2.05) is 20.1 Å². The molecule has 0 rings (SSSR count). The summed E-state index contributed by atoms with van der Waals surface area (Å²) in [6, 6.07) is -0.367. The van der Waals surface area contributed by atoms with Gasteiger partial charge in [-0.2, -0.15) is 11.8 Å². The quantitative estimate of drug-likeness (QED) is 0.758. The fraction of sp³-hybridized carbons (Fsp3) is 0.900. The molecule has 0 aliphatic rings. The molecule has 0 saturated carbocycles. The third-order valence-corrected chi connectivity index (χ3v) is 3.50. The summed E-state index contributed by atoms with van der Waals surface area (Å²) in [6.07, 6.45) is 2.97. The topological polar surface area (TPSA) is 55.1 Å². The summed E-state index contributed by atoms with van der Waals surface area (Å²) in [5, 5.41) is 3.31. The first kappa shape index (κ1) is 17.5. The molecule has 0 heterocycles. The summed E-state index contributed by atoms with van der Waals surface area (Å²) in [7, 11) is 0. The van der Waals surface area contributed by atoms with Crippen LogP contribution in [0.15, 0.2) is 0 Å². The molecule has 1 amide bonds. The summed E-state index contributed by atoms with van der Waals surface area (Å²) in [6.45, 7) is 6.83. The van der Waals surface area contributed by atoms with Gasteiger partial charge in [0.1, 0.15) is 0 Å². The van der Waals surface area contributed by atoms with Crippen molar-refractivity contribution in [3.63, 3.8) is 0 Å². The number of rotatable bonds is 6. The number of thioether (sulfide) groups is 1. The molecule has 3 unspecified atom stereocenters. The normalized spacial score (nSPS) is 16.1. The predicted molar refractivity (Wildman–Crippen MR) is 70.7 cm³/mol. The minimum atomic E-state index is -0.367. The van der Waals surface area contributed by atoms with Crippen molar-refractivity contribution in [2.24, 2.45) is 11.7 Å². The number of halogens is 1. The van der Waals surface area contributed by atoms with Gasteiger partial charge in [0, 0.05) is 11.8 Å². The molecule has 3 atom stereocenters. The second-order valence-corrected chi connectivity index (χ2v) is 4.98. The summed E-state index contributed by atoms with van der Waals surface area (Å²) in [4.78, 5) is 11.5. The highest BCUT2D eigenvalue weighted by atomic mass is 35.5. The van der Waals surface area contributed by atoms with Gasteiger partial charge in [0.05, 0.1) is 6.04 Å². The van der Waals surface area contributed by atoms with Crippen LogP contribution in [0.2, 0.25) is 0 Å². The monoisotopic (exact) mass is 254 g/mol. The van der Waals surface area contributed by atoms with Crippen molar-refractivity contribution in [2.75, 3.05) is 12.8 Å². The van der Waals surface area contributed by atoms with E-state index in [4.69, 9.17) is 5.73 Å².